The van der Waals surface area contributed by atoms with E-state index in [1.165, 1.54) is 18.2 Å². The summed E-state index contributed by atoms with van der Waals surface area (Å²) in [7, 11) is 0. The Hall–Kier alpha value is -4.71. The highest BCUT2D eigenvalue weighted by Crippen LogP contribution is 2.43. The molecular weight excluding hydrogens is 707 g/mol. The Balaban J connectivity index is 1.42. The van der Waals surface area contributed by atoms with E-state index in [0.717, 1.165) is 0 Å². The van der Waals surface area contributed by atoms with Crippen molar-refractivity contribution in [2.75, 3.05) is 5.32 Å². The second-order valence-corrected chi connectivity index (χ2v) is 13.5. The van der Waals surface area contributed by atoms with Crippen LogP contribution < -0.4 is 5.32 Å². The fourth-order valence-electron chi connectivity index (χ4n) is 6.67. The number of carbonyl (C=O) groups excluding carboxylic acids is 1. The molecule has 8 atom stereocenters. The van der Waals surface area contributed by atoms with Crippen molar-refractivity contribution in [2.24, 2.45) is 0 Å². The summed E-state index contributed by atoms with van der Waals surface area (Å²) >= 11 is 0. The van der Waals surface area contributed by atoms with Gasteiger partial charge in [0.25, 0.3) is 5.91 Å². The Labute approximate surface area is 310 Å². The number of phenolic OH excluding ortho intramolecular Hbond substituents is 1. The number of carbonyl (C=O) groups is 2. The lowest BCUT2D eigenvalue weighted by Gasteiger charge is -2.39. The lowest BCUT2D eigenvalue weighted by Crippen LogP contribution is -2.60. The number of aliphatic hydroxyl groups is 6. The van der Waals surface area contributed by atoms with E-state index in [9.17, 15) is 54.8 Å². The highest BCUT2D eigenvalue weighted by atomic mass is 19.1. The number of carboxylic acid groups (broad SMARTS) is 1. The molecular formula is C39H45FN2O12. The molecule has 5 rings (SSSR count). The summed E-state index contributed by atoms with van der Waals surface area (Å²) in [5.41, 5.74) is 3.49. The van der Waals surface area contributed by atoms with Gasteiger partial charge in [0.1, 0.15) is 29.9 Å². The first-order valence-corrected chi connectivity index (χ1v) is 17.5. The van der Waals surface area contributed by atoms with E-state index in [2.05, 4.69) is 5.32 Å². The molecule has 54 heavy (non-hydrogen) atoms. The van der Waals surface area contributed by atoms with Gasteiger partial charge < -0.3 is 60.2 Å². The van der Waals surface area contributed by atoms with Crippen LogP contribution in [0.25, 0.3) is 22.4 Å². The Bertz CT molecular complexity index is 1890. The van der Waals surface area contributed by atoms with Crippen molar-refractivity contribution in [1.82, 2.24) is 4.57 Å². The highest BCUT2D eigenvalue weighted by molar-refractivity contribution is 6.13. The van der Waals surface area contributed by atoms with Gasteiger partial charge in [-0.3, -0.25) is 4.79 Å². The van der Waals surface area contributed by atoms with Crippen molar-refractivity contribution in [1.29, 1.82) is 0 Å². The minimum atomic E-state index is -1.96. The van der Waals surface area contributed by atoms with E-state index in [0.29, 0.717) is 33.6 Å². The zero-order valence-electron chi connectivity index (χ0n) is 29.6. The Kier molecular flexibility index (Phi) is 13.2. The van der Waals surface area contributed by atoms with Gasteiger partial charge in [0, 0.05) is 24.2 Å². The number of ether oxygens (including phenoxy) is 2. The number of nitrogens with one attached hydrogen (secondary N) is 1. The summed E-state index contributed by atoms with van der Waals surface area (Å²) in [5, 5.41) is 84.9. The molecule has 1 aromatic heterocycles. The van der Waals surface area contributed by atoms with Crippen LogP contribution in [0.15, 0.2) is 78.9 Å². The van der Waals surface area contributed by atoms with Gasteiger partial charge in [0.2, 0.25) is 0 Å². The minimum Gasteiger partial charge on any atom is -0.506 e. The van der Waals surface area contributed by atoms with Crippen LogP contribution in [0.5, 0.6) is 5.75 Å². The van der Waals surface area contributed by atoms with Crippen LogP contribution in [-0.2, 0) is 20.8 Å². The van der Waals surface area contributed by atoms with Gasteiger partial charge in [-0.2, -0.15) is 0 Å². The molecule has 1 aliphatic heterocycles. The number of nitrogens with zero attached hydrogens (tertiary/aromatic N) is 1. The minimum absolute atomic E-state index is 0.0419. The van der Waals surface area contributed by atoms with Gasteiger partial charge in [0.05, 0.1) is 29.2 Å². The van der Waals surface area contributed by atoms with Crippen molar-refractivity contribution >= 4 is 17.6 Å². The number of aliphatic hydroxyl groups excluding tert-OH is 6. The quantitative estimate of drug-likeness (QED) is 0.0630. The second kappa shape index (κ2) is 17.6. The predicted molar refractivity (Wildman–Crippen MR) is 193 cm³/mol. The molecule has 290 valence electrons. The smallest absolute Gasteiger partial charge is 0.335 e. The Morgan fingerprint density at radius 3 is 2.13 bits per heavy atom. The number of aromatic hydroxyl groups is 1. The van der Waals surface area contributed by atoms with E-state index in [-0.39, 0.29) is 36.7 Å². The lowest BCUT2D eigenvalue weighted by atomic mass is 9.94. The van der Waals surface area contributed by atoms with E-state index in [1.807, 2.05) is 48.7 Å². The molecule has 8 unspecified atom stereocenters. The molecule has 0 radical (unpaired) electrons. The first kappa shape index (κ1) is 40.5. The van der Waals surface area contributed by atoms with Crippen LogP contribution >= 0.6 is 0 Å². The maximum absolute atomic E-state index is 14.3. The molecule has 2 heterocycles. The van der Waals surface area contributed by atoms with Gasteiger partial charge in [-0.1, -0.05) is 56.3 Å². The Morgan fingerprint density at radius 1 is 0.852 bits per heavy atom. The summed E-state index contributed by atoms with van der Waals surface area (Å²) in [5.74, 6) is -2.99. The van der Waals surface area contributed by atoms with Crippen molar-refractivity contribution in [3.8, 4) is 28.1 Å². The van der Waals surface area contributed by atoms with Gasteiger partial charge in [-0.05, 0) is 66.3 Å². The van der Waals surface area contributed by atoms with Crippen molar-refractivity contribution < 1.29 is 64.3 Å². The number of aliphatic carboxylic acids is 1. The van der Waals surface area contributed by atoms with Crippen molar-refractivity contribution in [2.45, 2.75) is 94.8 Å². The largest absolute Gasteiger partial charge is 0.506 e. The molecule has 0 aliphatic carbocycles. The third-order valence-electron chi connectivity index (χ3n) is 9.22. The van der Waals surface area contributed by atoms with E-state index < -0.39 is 73.3 Å². The number of amides is 1. The van der Waals surface area contributed by atoms with Crippen LogP contribution in [0.4, 0.5) is 10.1 Å². The fraction of sp³-hybridized carbons (Fsp3) is 0.385. The van der Waals surface area contributed by atoms with Crippen LogP contribution in [0.1, 0.15) is 55.1 Å². The number of carboxylic acids is 1. The van der Waals surface area contributed by atoms with Gasteiger partial charge >= 0.3 is 5.97 Å². The SMILES string of the molecule is CC(C)c1c(C(=O)Nc2ccccc2O)c(-c2ccccc2)c(-c2ccc(F)cc2)n1CCC(O)CC(O)CC(O)OC1OC(C(=O)O)C(O)C(O)C1O. The summed E-state index contributed by atoms with van der Waals surface area (Å²) in [6, 6.07) is 21.3. The van der Waals surface area contributed by atoms with Crippen molar-refractivity contribution in [3.63, 3.8) is 0 Å². The van der Waals surface area contributed by atoms with E-state index >= 15 is 0 Å². The fourth-order valence-corrected chi connectivity index (χ4v) is 6.67. The average molecular weight is 753 g/mol. The van der Waals surface area contributed by atoms with Crippen LogP contribution in [0.2, 0.25) is 0 Å². The summed E-state index contributed by atoms with van der Waals surface area (Å²) in [6.07, 6.45) is -14.7. The summed E-state index contributed by atoms with van der Waals surface area (Å²) in [4.78, 5) is 25.7. The molecule has 1 aliphatic rings. The normalized spacial score (nSPS) is 21.8. The Morgan fingerprint density at radius 2 is 1.50 bits per heavy atom. The van der Waals surface area contributed by atoms with Crippen LogP contribution in [-0.4, -0.2) is 106 Å². The van der Waals surface area contributed by atoms with Gasteiger partial charge in [-0.25, -0.2) is 9.18 Å². The first-order chi connectivity index (χ1) is 25.7. The zero-order valence-corrected chi connectivity index (χ0v) is 29.6. The number of hydrogen-bond donors (Lipinski definition) is 9. The third kappa shape index (κ3) is 9.14. The molecule has 0 spiro atoms. The lowest BCUT2D eigenvalue weighted by molar-refractivity contribution is -0.327. The highest BCUT2D eigenvalue weighted by Gasteiger charge is 2.48. The molecule has 0 saturated carbocycles. The molecule has 4 aromatic rings. The number of para-hydroxylation sites is 2. The zero-order chi connectivity index (χ0) is 39.3. The second-order valence-electron chi connectivity index (χ2n) is 13.5. The van der Waals surface area contributed by atoms with E-state index in [4.69, 9.17) is 9.47 Å². The maximum atomic E-state index is 14.3. The topological polar surface area (TPSA) is 231 Å². The number of phenols is 1. The monoisotopic (exact) mass is 752 g/mol. The molecule has 3 aromatic carbocycles. The third-order valence-corrected chi connectivity index (χ3v) is 9.22. The summed E-state index contributed by atoms with van der Waals surface area (Å²) < 4.78 is 26.2. The number of anilines is 1. The maximum Gasteiger partial charge on any atom is 0.335 e. The molecule has 15 heteroatoms. The molecule has 1 fully saturated rings. The van der Waals surface area contributed by atoms with Gasteiger partial charge in [-0.15, -0.1) is 0 Å². The molecule has 1 amide bonds. The first-order valence-electron chi connectivity index (χ1n) is 17.5. The molecule has 0 bridgehead atoms. The predicted octanol–water partition coefficient (Wildman–Crippen LogP) is 3.16. The molecule has 9 N–H and O–H groups in total. The number of halogens is 1. The number of aromatic nitrogens is 1. The van der Waals surface area contributed by atoms with Gasteiger partial charge in [0.15, 0.2) is 18.7 Å². The molecule has 14 nitrogen and oxygen atoms in total. The number of rotatable bonds is 15. The van der Waals surface area contributed by atoms with Crippen LogP contribution in [0, 0.1) is 5.82 Å². The molecule has 1 saturated heterocycles. The summed E-state index contributed by atoms with van der Waals surface area (Å²) in [6.45, 7) is 3.92. The van der Waals surface area contributed by atoms with Crippen LogP contribution in [0.3, 0.4) is 0 Å². The average Bonchev–Trinajstić information content (AvgIpc) is 3.48. The van der Waals surface area contributed by atoms with E-state index in [1.54, 1.807) is 30.3 Å². The van der Waals surface area contributed by atoms with Crippen molar-refractivity contribution in [3.05, 3.63) is 95.9 Å². The standard InChI is InChI=1S/C39H45FN2O12/c1-20(2)31-30(37(50)41-26-10-6-7-11-27(26)45)29(21-8-4-3-5-9-21)32(22-12-14-23(40)15-13-22)42(31)17-16-24(43)18-25(44)19-28(46)53-39-35(49)33(47)34(48)36(54-39)38(51)52/h3-15,20,24-25,28,33-36,39,43-49H,16-19H2,1-2H3,(H,41,50)(H,51,52). The number of benzene rings is 3. The number of hydrogen-bond acceptors (Lipinski definition) is 11.